The minimum absolute atomic E-state index is 0.0143. The maximum Gasteiger partial charge on any atom is 0.397 e. The number of unbranched alkanes of at least 4 members (excludes halogenated alkanes) is 16. The molecule has 1 heterocycles. The number of rotatable bonds is 36. The smallest absolute Gasteiger partial charge is 0.397 e. The van der Waals surface area contributed by atoms with Crippen molar-refractivity contribution in [2.75, 3.05) is 26.4 Å². The van der Waals surface area contributed by atoms with E-state index in [1.165, 1.54) is 32.1 Å². The Morgan fingerprint density at radius 1 is 0.683 bits per heavy atom. The van der Waals surface area contributed by atoms with E-state index < -0.39 is 59.3 Å². The summed E-state index contributed by atoms with van der Waals surface area (Å²) in [4.78, 5) is 39.8. The van der Waals surface area contributed by atoms with Crippen molar-refractivity contribution in [1.29, 1.82) is 0 Å². The molecule has 1 amide bonds. The van der Waals surface area contributed by atoms with Gasteiger partial charge in [-0.2, -0.15) is 8.42 Å². The maximum atomic E-state index is 13.6. The third-order valence-electron chi connectivity index (χ3n) is 11.0. The van der Waals surface area contributed by atoms with Gasteiger partial charge in [-0.3, -0.25) is 18.9 Å². The predicted molar refractivity (Wildman–Crippen MR) is 241 cm³/mol. The summed E-state index contributed by atoms with van der Waals surface area (Å²) in [7, 11) is -5.09. The van der Waals surface area contributed by atoms with Crippen LogP contribution in [0.5, 0.6) is 11.5 Å². The average Bonchev–Trinajstić information content (AvgIpc) is 3.26. The summed E-state index contributed by atoms with van der Waals surface area (Å²) in [5.41, 5.74) is 0. The van der Waals surface area contributed by atoms with Crippen LogP contribution in [0.4, 0.5) is 0 Å². The molecule has 0 bridgehead atoms. The molecule has 1 aliphatic heterocycles. The van der Waals surface area contributed by atoms with Crippen LogP contribution < -0.4 is 14.8 Å². The molecule has 3 N–H and O–H groups in total. The summed E-state index contributed by atoms with van der Waals surface area (Å²) in [5, 5.41) is 12.8. The number of ether oxygens (including phenoxy) is 5. The van der Waals surface area contributed by atoms with E-state index in [0.717, 1.165) is 88.5 Å². The Morgan fingerprint density at radius 3 is 1.70 bits per heavy atom. The number of aliphatic hydroxyl groups excluding tert-OH is 1. The van der Waals surface area contributed by atoms with Gasteiger partial charge in [-0.1, -0.05) is 133 Å². The topological polar surface area (TPSA) is 193 Å². The molecule has 0 unspecified atom stereocenters. The number of amides is 1. The Kier molecular flexibility index (Phi) is 27.9. The van der Waals surface area contributed by atoms with E-state index in [1.807, 2.05) is 60.7 Å². The van der Waals surface area contributed by atoms with Gasteiger partial charge >= 0.3 is 22.3 Å². The largest absolute Gasteiger partial charge is 0.494 e. The fourth-order valence-electron chi connectivity index (χ4n) is 7.57. The van der Waals surface area contributed by atoms with E-state index in [-0.39, 0.29) is 31.8 Å². The molecule has 0 radical (unpaired) electrons. The predicted octanol–water partition coefficient (Wildman–Crippen LogP) is 9.02. The van der Waals surface area contributed by atoms with Crippen molar-refractivity contribution in [1.82, 2.24) is 5.32 Å². The maximum absolute atomic E-state index is 13.6. The van der Waals surface area contributed by atoms with Crippen LogP contribution in [0.15, 0.2) is 60.7 Å². The van der Waals surface area contributed by atoms with E-state index in [1.54, 1.807) is 0 Å². The van der Waals surface area contributed by atoms with Crippen LogP contribution in [0, 0.1) is 0 Å². The molecule has 5 atom stereocenters. The fourth-order valence-corrected chi connectivity index (χ4v) is 8.09. The van der Waals surface area contributed by atoms with E-state index in [4.69, 9.17) is 27.9 Å². The second kappa shape index (κ2) is 32.8. The number of esters is 2. The second-order valence-corrected chi connectivity index (χ2v) is 17.5. The molecule has 63 heavy (non-hydrogen) atoms. The summed E-state index contributed by atoms with van der Waals surface area (Å²) in [6.45, 7) is 2.46. The number of nitrogens with one attached hydrogen (secondary N) is 1. The molecule has 1 aliphatic rings. The van der Waals surface area contributed by atoms with E-state index in [0.29, 0.717) is 32.5 Å². The number of carbonyl (C=O) groups excluding carboxylic acids is 3. The number of para-hydroxylation sites is 2. The molecule has 2 aromatic carbocycles. The highest BCUT2D eigenvalue weighted by Gasteiger charge is 2.46. The molecular formula is C48H75NO13S. The van der Waals surface area contributed by atoms with Crippen LogP contribution in [-0.4, -0.2) is 92.8 Å². The highest BCUT2D eigenvalue weighted by atomic mass is 32.3. The van der Waals surface area contributed by atoms with Gasteiger partial charge in [-0.05, 0) is 62.8 Å². The van der Waals surface area contributed by atoms with Crippen LogP contribution in [0.3, 0.4) is 0 Å². The van der Waals surface area contributed by atoms with Crippen LogP contribution in [0.25, 0.3) is 0 Å². The zero-order chi connectivity index (χ0) is 45.4. The molecule has 356 valence electrons. The quantitative estimate of drug-likeness (QED) is 0.0334. The van der Waals surface area contributed by atoms with Gasteiger partial charge in [-0.25, -0.2) is 4.18 Å². The summed E-state index contributed by atoms with van der Waals surface area (Å²) in [5.74, 6) is 0.0973. The van der Waals surface area contributed by atoms with Gasteiger partial charge in [0.05, 0.1) is 38.9 Å². The minimum Gasteiger partial charge on any atom is -0.494 e. The first-order valence-corrected chi connectivity index (χ1v) is 24.9. The molecular weight excluding hydrogens is 831 g/mol. The van der Waals surface area contributed by atoms with Gasteiger partial charge in [0, 0.05) is 12.8 Å². The van der Waals surface area contributed by atoms with Crippen LogP contribution in [0.1, 0.15) is 155 Å². The summed E-state index contributed by atoms with van der Waals surface area (Å²) in [6, 6.07) is 18.1. The summed E-state index contributed by atoms with van der Waals surface area (Å²) < 4.78 is 67.0. The van der Waals surface area contributed by atoms with Crippen molar-refractivity contribution < 1.29 is 60.3 Å². The van der Waals surface area contributed by atoms with Crippen LogP contribution in [0.2, 0.25) is 0 Å². The van der Waals surface area contributed by atoms with Crippen molar-refractivity contribution >= 4 is 28.2 Å². The third kappa shape index (κ3) is 25.4. The first-order chi connectivity index (χ1) is 30.6. The third-order valence-corrected chi connectivity index (χ3v) is 11.5. The average molecular weight is 906 g/mol. The van der Waals surface area contributed by atoms with Gasteiger partial charge in [0.1, 0.15) is 29.8 Å². The molecule has 0 aromatic heterocycles. The molecule has 0 spiro atoms. The van der Waals surface area contributed by atoms with Crippen molar-refractivity contribution in [2.24, 2.45) is 0 Å². The normalized spacial score (nSPS) is 18.0. The molecule has 3 rings (SSSR count). The van der Waals surface area contributed by atoms with E-state index in [2.05, 4.69) is 12.2 Å². The lowest BCUT2D eigenvalue weighted by atomic mass is 9.97. The molecule has 0 aliphatic carbocycles. The SMILES string of the molecule is CCCCCCCCCCC[C@H](CC(=O)N[C@H]1CO[C@H](CO)[C@@H](OS(=O)(=O)O)[C@@H]1OC(=O)CCCCCCCOc1ccccc1)OC(=O)CCCCCCCOc1ccccc1. The molecule has 0 saturated carbocycles. The minimum atomic E-state index is -5.09. The molecule has 1 saturated heterocycles. The highest BCUT2D eigenvalue weighted by molar-refractivity contribution is 7.80. The van der Waals surface area contributed by atoms with E-state index in [9.17, 15) is 32.5 Å². The van der Waals surface area contributed by atoms with Gasteiger partial charge in [0.2, 0.25) is 5.91 Å². The van der Waals surface area contributed by atoms with Gasteiger partial charge in [0.15, 0.2) is 6.10 Å². The lowest BCUT2D eigenvalue weighted by molar-refractivity contribution is -0.186. The fraction of sp³-hybridized carbons (Fsp3) is 0.688. The monoisotopic (exact) mass is 905 g/mol. The second-order valence-electron chi connectivity index (χ2n) is 16.5. The lowest BCUT2D eigenvalue weighted by Crippen LogP contribution is -2.62. The molecule has 1 fully saturated rings. The Bertz CT molecular complexity index is 1610. The molecule has 15 heteroatoms. The number of hydrogen-bond acceptors (Lipinski definition) is 12. The van der Waals surface area contributed by atoms with Gasteiger partial charge < -0.3 is 34.1 Å². The highest BCUT2D eigenvalue weighted by Crippen LogP contribution is 2.25. The van der Waals surface area contributed by atoms with Crippen molar-refractivity contribution in [3.8, 4) is 11.5 Å². The summed E-state index contributed by atoms with van der Waals surface area (Å²) in [6.07, 6.45) is 13.7. The van der Waals surface area contributed by atoms with Crippen molar-refractivity contribution in [3.63, 3.8) is 0 Å². The Balaban J connectivity index is 1.52. The summed E-state index contributed by atoms with van der Waals surface area (Å²) >= 11 is 0. The first kappa shape index (κ1) is 53.6. The lowest BCUT2D eigenvalue weighted by Gasteiger charge is -2.40. The van der Waals surface area contributed by atoms with E-state index >= 15 is 0 Å². The number of carbonyl (C=O) groups is 3. The number of aliphatic hydroxyl groups is 1. The zero-order valence-electron chi connectivity index (χ0n) is 37.5. The van der Waals surface area contributed by atoms with Crippen LogP contribution >= 0.6 is 0 Å². The molecule has 14 nitrogen and oxygen atoms in total. The Labute approximate surface area is 376 Å². The van der Waals surface area contributed by atoms with Crippen molar-refractivity contribution in [2.45, 2.75) is 185 Å². The Hall–Kier alpha value is -3.76. The number of hydrogen-bond donors (Lipinski definition) is 3. The molecule has 2 aromatic rings. The van der Waals surface area contributed by atoms with Crippen LogP contribution in [-0.2, 0) is 43.2 Å². The van der Waals surface area contributed by atoms with Crippen molar-refractivity contribution in [3.05, 3.63) is 60.7 Å². The van der Waals surface area contributed by atoms with Gasteiger partial charge in [0.25, 0.3) is 0 Å². The Morgan fingerprint density at radius 2 is 1.17 bits per heavy atom. The standard InChI is InChI=1S/C48H75NO13S/c1-2-3-4-5-6-7-8-11-18-31-41(60-45(52)32-23-12-9-14-25-34-57-39-27-19-16-20-28-39)36-44(51)49-42-38-59-43(37-50)48(62-63(54,55)56)47(42)61-46(53)33-24-13-10-15-26-35-58-40-29-21-17-22-30-40/h16-17,19-22,27-30,41-43,47-48,50H,2-15,18,23-26,31-38H2,1H3,(H,49,51)(H,54,55,56)/t41-,42+,43-,47-,48-/m1/s1. The zero-order valence-corrected chi connectivity index (χ0v) is 38.4. The van der Waals surface area contributed by atoms with Gasteiger partial charge in [-0.15, -0.1) is 0 Å². The number of benzene rings is 2. The first-order valence-electron chi connectivity index (χ1n) is 23.5.